The van der Waals surface area contributed by atoms with Crippen molar-refractivity contribution in [1.29, 1.82) is 0 Å². The number of hydrogen-bond donors (Lipinski definition) is 0. The highest BCUT2D eigenvalue weighted by Crippen LogP contribution is 2.52. The van der Waals surface area contributed by atoms with Crippen LogP contribution < -0.4 is 11.3 Å². The molecule has 7 heteroatoms. The monoisotopic (exact) mass is 458 g/mol. The average Bonchev–Trinajstić information content (AvgIpc) is 3.00. The fourth-order valence-electron chi connectivity index (χ4n) is 4.46. The molecule has 140 valence electrons. The number of hydrogen-bond acceptors (Lipinski definition) is 3. The Labute approximate surface area is 181 Å². The standard InChI is InChI=1S/C22H6Cl4O3/c23-17-15-13-11(14-16(17)22(28)29-21(14)27)8-5-1-3-7-4-2-6-9(10(7)8)12(13)18(24)20(26)19(15)25/h1-6H. The number of benzene rings is 5. The first-order valence-electron chi connectivity index (χ1n) is 8.56. The van der Waals surface area contributed by atoms with Gasteiger partial charge in [0, 0.05) is 21.5 Å². The van der Waals surface area contributed by atoms with Gasteiger partial charge >= 0.3 is 11.3 Å². The minimum Gasteiger partial charge on any atom is -0.386 e. The lowest BCUT2D eigenvalue weighted by Crippen LogP contribution is -1.97. The lowest BCUT2D eigenvalue weighted by Gasteiger charge is -2.18. The maximum Gasteiger partial charge on any atom is 0.348 e. The minimum atomic E-state index is -0.803. The number of rotatable bonds is 0. The van der Waals surface area contributed by atoms with Gasteiger partial charge in [-0.3, -0.25) is 0 Å². The average molecular weight is 460 g/mol. The van der Waals surface area contributed by atoms with Gasteiger partial charge in [-0.2, -0.15) is 0 Å². The van der Waals surface area contributed by atoms with Crippen LogP contribution in [0.5, 0.6) is 0 Å². The molecule has 0 radical (unpaired) electrons. The van der Waals surface area contributed by atoms with Gasteiger partial charge in [0.1, 0.15) is 0 Å². The van der Waals surface area contributed by atoms with Crippen molar-refractivity contribution < 1.29 is 4.42 Å². The van der Waals surface area contributed by atoms with Gasteiger partial charge in [0.25, 0.3) is 0 Å². The molecule has 6 rings (SSSR count). The summed E-state index contributed by atoms with van der Waals surface area (Å²) in [4.78, 5) is 25.1. The van der Waals surface area contributed by atoms with Gasteiger partial charge in [0.2, 0.25) is 0 Å². The lowest BCUT2D eigenvalue weighted by molar-refractivity contribution is 0.500. The van der Waals surface area contributed by atoms with Gasteiger partial charge in [-0.1, -0.05) is 82.8 Å². The summed E-state index contributed by atoms with van der Waals surface area (Å²) >= 11 is 26.3. The summed E-state index contributed by atoms with van der Waals surface area (Å²) in [5.41, 5.74) is -1.55. The fraction of sp³-hybridized carbons (Fsp3) is 0. The van der Waals surface area contributed by atoms with Gasteiger partial charge in [0.15, 0.2) is 0 Å². The summed E-state index contributed by atoms with van der Waals surface area (Å²) < 4.78 is 4.90. The van der Waals surface area contributed by atoms with Crippen molar-refractivity contribution in [2.45, 2.75) is 0 Å². The first kappa shape index (κ1) is 17.5. The molecule has 0 fully saturated rings. The summed E-state index contributed by atoms with van der Waals surface area (Å²) in [5.74, 6) is 0. The lowest BCUT2D eigenvalue weighted by atomic mass is 9.88. The van der Waals surface area contributed by atoms with Crippen LogP contribution in [-0.4, -0.2) is 0 Å². The third-order valence-electron chi connectivity index (χ3n) is 5.55. The normalized spacial score (nSPS) is 12.4. The van der Waals surface area contributed by atoms with E-state index in [9.17, 15) is 9.59 Å². The second-order valence-corrected chi connectivity index (χ2v) is 8.40. The van der Waals surface area contributed by atoms with Gasteiger partial charge in [-0.05, 0) is 21.5 Å². The van der Waals surface area contributed by atoms with Crippen molar-refractivity contribution in [3.05, 3.63) is 77.3 Å². The molecule has 1 heterocycles. The molecule has 3 nitrogen and oxygen atoms in total. The zero-order valence-corrected chi connectivity index (χ0v) is 17.2. The first-order chi connectivity index (χ1) is 13.9. The van der Waals surface area contributed by atoms with Crippen molar-refractivity contribution in [2.75, 3.05) is 0 Å². The molecule has 6 aromatic rings. The topological polar surface area (TPSA) is 47.3 Å². The van der Waals surface area contributed by atoms with Gasteiger partial charge in [-0.15, -0.1) is 0 Å². The van der Waals surface area contributed by atoms with E-state index in [1.54, 1.807) is 0 Å². The van der Waals surface area contributed by atoms with Gasteiger partial charge < -0.3 is 4.42 Å². The molecule has 0 atom stereocenters. The maximum absolute atomic E-state index is 12.7. The first-order valence-corrected chi connectivity index (χ1v) is 10.1. The number of fused-ring (bicyclic) bond motifs is 4. The van der Waals surface area contributed by atoms with Gasteiger partial charge in [-0.25, -0.2) is 9.59 Å². The number of halogens is 4. The van der Waals surface area contributed by atoms with Crippen molar-refractivity contribution in [2.24, 2.45) is 0 Å². The SMILES string of the molecule is O=c1oc(=O)c2c1c(Cl)c1c(Cl)c(Cl)c(Cl)c3c4cccc5cccc(c54)c2c13. The highest BCUT2D eigenvalue weighted by molar-refractivity contribution is 6.59. The smallest absolute Gasteiger partial charge is 0.348 e. The highest BCUT2D eigenvalue weighted by Gasteiger charge is 2.27. The molecule has 0 saturated carbocycles. The van der Waals surface area contributed by atoms with E-state index in [1.807, 2.05) is 36.4 Å². The Balaban J connectivity index is 2.23. The van der Waals surface area contributed by atoms with Crippen LogP contribution >= 0.6 is 46.4 Å². The Hall–Kier alpha value is -2.30. The zero-order chi connectivity index (χ0) is 20.2. The largest absolute Gasteiger partial charge is 0.386 e. The summed E-state index contributed by atoms with van der Waals surface area (Å²) in [7, 11) is 0. The molecule has 0 spiro atoms. The molecule has 29 heavy (non-hydrogen) atoms. The maximum atomic E-state index is 12.7. The van der Waals surface area contributed by atoms with Crippen LogP contribution in [-0.2, 0) is 0 Å². The predicted molar refractivity (Wildman–Crippen MR) is 121 cm³/mol. The van der Waals surface area contributed by atoms with E-state index in [-0.39, 0.29) is 30.9 Å². The molecule has 0 saturated heterocycles. The molecule has 0 aliphatic heterocycles. The molecule has 5 aromatic carbocycles. The second-order valence-electron chi connectivity index (χ2n) is 6.89. The molecule has 0 aliphatic rings. The van der Waals surface area contributed by atoms with Crippen LogP contribution in [0.1, 0.15) is 0 Å². The third kappa shape index (κ3) is 1.97. The molecule has 0 bridgehead atoms. The van der Waals surface area contributed by atoms with Crippen molar-refractivity contribution in [1.82, 2.24) is 0 Å². The predicted octanol–water partition coefficient (Wildman–Crippen LogP) is 7.26. The van der Waals surface area contributed by atoms with Crippen LogP contribution in [0.25, 0.3) is 53.9 Å². The fourth-order valence-corrected chi connectivity index (χ4v) is 5.68. The van der Waals surface area contributed by atoms with Crippen molar-refractivity contribution >= 4 is 100 Å². The Morgan fingerprint density at radius 1 is 0.517 bits per heavy atom. The molecular weight excluding hydrogens is 454 g/mol. The van der Waals surface area contributed by atoms with Crippen LogP contribution in [0.15, 0.2) is 50.4 Å². The molecule has 1 aromatic heterocycles. The van der Waals surface area contributed by atoms with Crippen LogP contribution in [0.4, 0.5) is 0 Å². The van der Waals surface area contributed by atoms with E-state index >= 15 is 0 Å². The molecular formula is C22H6Cl4O3. The van der Waals surface area contributed by atoms with Gasteiger partial charge in [0.05, 0.1) is 30.9 Å². The summed E-state index contributed by atoms with van der Waals surface area (Å²) in [6, 6.07) is 11.6. The summed E-state index contributed by atoms with van der Waals surface area (Å²) in [5, 5.41) is 6.33. The minimum absolute atomic E-state index is 0.00166. The zero-order valence-electron chi connectivity index (χ0n) is 14.2. The van der Waals surface area contributed by atoms with E-state index in [1.165, 1.54) is 0 Å². The Morgan fingerprint density at radius 3 is 1.79 bits per heavy atom. The van der Waals surface area contributed by atoms with E-state index in [0.29, 0.717) is 21.5 Å². The summed E-state index contributed by atoms with van der Waals surface area (Å²) in [6.45, 7) is 0. The summed E-state index contributed by atoms with van der Waals surface area (Å²) in [6.07, 6.45) is 0. The third-order valence-corrected chi connectivity index (χ3v) is 7.26. The van der Waals surface area contributed by atoms with Crippen LogP contribution in [0.3, 0.4) is 0 Å². The highest BCUT2D eigenvalue weighted by atomic mass is 35.5. The Kier molecular flexibility index (Phi) is 3.42. The van der Waals surface area contributed by atoms with Crippen molar-refractivity contribution in [3.8, 4) is 0 Å². The molecule has 0 amide bonds. The van der Waals surface area contributed by atoms with E-state index in [2.05, 4.69) is 0 Å². The quantitative estimate of drug-likeness (QED) is 0.136. The Morgan fingerprint density at radius 2 is 1.10 bits per heavy atom. The van der Waals surface area contributed by atoms with E-state index < -0.39 is 11.3 Å². The van der Waals surface area contributed by atoms with Crippen molar-refractivity contribution in [3.63, 3.8) is 0 Å². The molecule has 0 unspecified atom stereocenters. The van der Waals surface area contributed by atoms with Crippen LogP contribution in [0.2, 0.25) is 20.1 Å². The van der Waals surface area contributed by atoms with E-state index in [4.69, 9.17) is 50.8 Å². The van der Waals surface area contributed by atoms with E-state index in [0.717, 1.165) is 21.5 Å². The second kappa shape index (κ2) is 5.65. The Bertz CT molecular complexity index is 1780. The molecule has 0 aliphatic carbocycles. The molecule has 0 N–H and O–H groups in total. The number of furan rings is 1. The van der Waals surface area contributed by atoms with Crippen LogP contribution in [0, 0.1) is 0 Å².